The summed E-state index contributed by atoms with van der Waals surface area (Å²) in [5.41, 5.74) is 0.584. The average molecular weight is 223 g/mol. The molecule has 1 aromatic rings. The topological polar surface area (TPSA) is 78.7 Å². The van der Waals surface area contributed by atoms with Crippen LogP contribution in [0.4, 0.5) is 5.69 Å². The van der Waals surface area contributed by atoms with Crippen molar-refractivity contribution < 1.29 is 19.2 Å². The highest BCUT2D eigenvalue weighted by Gasteiger charge is 2.15. The van der Waals surface area contributed by atoms with Crippen LogP contribution in [0.25, 0.3) is 0 Å². The second-order valence-electron chi connectivity index (χ2n) is 3.09. The number of nitro groups is 1. The van der Waals surface area contributed by atoms with Gasteiger partial charge in [0.2, 0.25) is 0 Å². The zero-order chi connectivity index (χ0) is 12.1. The Balaban J connectivity index is 2.87. The molecular weight excluding hydrogens is 213 g/mol. The Morgan fingerprint density at radius 3 is 2.81 bits per heavy atom. The number of esters is 1. The number of nitrogens with zero attached hydrogens (tertiary/aromatic N) is 1. The van der Waals surface area contributed by atoms with Gasteiger partial charge in [-0.3, -0.25) is 10.1 Å². The van der Waals surface area contributed by atoms with Crippen molar-refractivity contribution >= 4 is 25.0 Å². The highest BCUT2D eigenvalue weighted by Crippen LogP contribution is 2.24. The Hall–Kier alpha value is -2.05. The smallest absolute Gasteiger partial charge is 0.343 e. The molecule has 0 aromatic heterocycles. The van der Waals surface area contributed by atoms with Crippen LogP contribution in [0.2, 0.25) is 0 Å². The fourth-order valence-corrected chi connectivity index (χ4v) is 1.09. The molecule has 0 N–H and O–H groups in total. The molecule has 1 rings (SSSR count). The Kier molecular flexibility index (Phi) is 3.87. The van der Waals surface area contributed by atoms with E-state index in [2.05, 4.69) is 4.74 Å². The van der Waals surface area contributed by atoms with Crippen molar-refractivity contribution in [1.82, 2.24) is 0 Å². The third-order valence-electron chi connectivity index (χ3n) is 1.88. The molecule has 0 atom stereocenters. The van der Waals surface area contributed by atoms with Crippen molar-refractivity contribution in [3.05, 3.63) is 28.3 Å². The summed E-state index contributed by atoms with van der Waals surface area (Å²) in [5, 5.41) is 10.7. The number of carbonyl (C=O) groups is 1. The summed E-state index contributed by atoms with van der Waals surface area (Å²) in [5.74, 6) is -0.532. The van der Waals surface area contributed by atoms with Crippen molar-refractivity contribution in [1.29, 1.82) is 0 Å². The van der Waals surface area contributed by atoms with Crippen LogP contribution in [0.15, 0.2) is 18.2 Å². The normalized spacial score (nSPS) is 9.56. The van der Waals surface area contributed by atoms with E-state index in [1.54, 1.807) is 13.9 Å². The van der Waals surface area contributed by atoms with Crippen LogP contribution >= 0.6 is 0 Å². The van der Waals surface area contributed by atoms with Crippen LogP contribution in [0.5, 0.6) is 5.75 Å². The first-order chi connectivity index (χ1) is 7.54. The fourth-order valence-electron chi connectivity index (χ4n) is 1.09. The van der Waals surface area contributed by atoms with E-state index in [0.29, 0.717) is 0 Å². The molecule has 0 aliphatic heterocycles. The number of ether oxygens (including phenoxy) is 2. The minimum Gasteiger partial charge on any atom is -0.475 e. The summed E-state index contributed by atoms with van der Waals surface area (Å²) in [6.07, 6.45) is 0. The van der Waals surface area contributed by atoms with Crippen LogP contribution in [-0.2, 0) is 9.53 Å². The van der Waals surface area contributed by atoms with E-state index in [1.165, 1.54) is 19.2 Å². The average Bonchev–Trinajstić information content (AvgIpc) is 2.26. The van der Waals surface area contributed by atoms with Gasteiger partial charge in [-0.1, -0.05) is 11.5 Å². The molecule has 6 nitrogen and oxygen atoms in total. The lowest BCUT2D eigenvalue weighted by atomic mass is 9.96. The molecule has 1 aromatic carbocycles. The first kappa shape index (κ1) is 12.0. The van der Waals surface area contributed by atoms with E-state index in [0.717, 1.165) is 5.46 Å². The van der Waals surface area contributed by atoms with Gasteiger partial charge in [0.05, 0.1) is 12.0 Å². The molecule has 0 heterocycles. The number of rotatable bonds is 4. The van der Waals surface area contributed by atoms with Gasteiger partial charge < -0.3 is 9.47 Å². The van der Waals surface area contributed by atoms with Crippen LogP contribution in [0, 0.1) is 10.1 Å². The van der Waals surface area contributed by atoms with Crippen LogP contribution in [0.3, 0.4) is 0 Å². The van der Waals surface area contributed by atoms with E-state index in [-0.39, 0.29) is 18.0 Å². The molecule has 0 spiro atoms. The molecule has 0 bridgehead atoms. The van der Waals surface area contributed by atoms with E-state index >= 15 is 0 Å². The van der Waals surface area contributed by atoms with Crippen molar-refractivity contribution in [2.24, 2.45) is 0 Å². The second kappa shape index (κ2) is 5.15. The molecule has 0 aliphatic rings. The lowest BCUT2D eigenvalue weighted by Gasteiger charge is -2.05. The molecule has 0 unspecified atom stereocenters. The van der Waals surface area contributed by atoms with Gasteiger partial charge in [-0.15, -0.1) is 0 Å². The molecule has 0 aliphatic carbocycles. The van der Waals surface area contributed by atoms with Gasteiger partial charge in [0.25, 0.3) is 0 Å². The van der Waals surface area contributed by atoms with Gasteiger partial charge in [-0.25, -0.2) is 4.79 Å². The maximum absolute atomic E-state index is 10.8. The summed E-state index contributed by atoms with van der Waals surface area (Å²) >= 11 is 0. The van der Waals surface area contributed by atoms with Gasteiger partial charge in [0.1, 0.15) is 7.85 Å². The molecule has 0 saturated heterocycles. The maximum atomic E-state index is 10.8. The van der Waals surface area contributed by atoms with E-state index in [9.17, 15) is 14.9 Å². The molecule has 84 valence electrons. The second-order valence-corrected chi connectivity index (χ2v) is 3.09. The van der Waals surface area contributed by atoms with E-state index in [4.69, 9.17) is 4.74 Å². The molecule has 0 fully saturated rings. The monoisotopic (exact) mass is 223 g/mol. The van der Waals surface area contributed by atoms with Gasteiger partial charge >= 0.3 is 11.7 Å². The zero-order valence-corrected chi connectivity index (χ0v) is 8.93. The number of hydrogen-bond acceptors (Lipinski definition) is 5. The predicted octanol–water partition coefficient (Wildman–Crippen LogP) is -0.595. The quantitative estimate of drug-likeness (QED) is 0.295. The van der Waals surface area contributed by atoms with Gasteiger partial charge in [-0.2, -0.15) is 0 Å². The van der Waals surface area contributed by atoms with Crippen LogP contribution in [0.1, 0.15) is 0 Å². The molecule has 16 heavy (non-hydrogen) atoms. The lowest BCUT2D eigenvalue weighted by molar-refractivity contribution is -0.385. The number of nitro benzene ring substituents is 1. The van der Waals surface area contributed by atoms with Gasteiger partial charge in [-0.05, 0) is 6.07 Å². The fraction of sp³-hybridized carbons (Fsp3) is 0.222. The molecule has 7 heteroatoms. The number of benzene rings is 1. The third kappa shape index (κ3) is 2.98. The number of methoxy groups -OCH3 is 1. The van der Waals surface area contributed by atoms with Crippen molar-refractivity contribution in [3.63, 3.8) is 0 Å². The van der Waals surface area contributed by atoms with Crippen molar-refractivity contribution in [2.75, 3.05) is 13.7 Å². The summed E-state index contributed by atoms with van der Waals surface area (Å²) < 4.78 is 9.35. The first-order valence-electron chi connectivity index (χ1n) is 4.49. The highest BCUT2D eigenvalue weighted by molar-refractivity contribution is 6.32. The summed E-state index contributed by atoms with van der Waals surface area (Å²) in [6.45, 7) is -0.347. The molecule has 0 amide bonds. The third-order valence-corrected chi connectivity index (χ3v) is 1.88. The van der Waals surface area contributed by atoms with E-state index in [1.807, 2.05) is 0 Å². The van der Waals surface area contributed by atoms with Gasteiger partial charge in [0.15, 0.2) is 12.4 Å². The highest BCUT2D eigenvalue weighted by atomic mass is 16.6. The number of carbonyl (C=O) groups excluding carboxylic acids is 1. The minimum absolute atomic E-state index is 0.0565. The van der Waals surface area contributed by atoms with Crippen molar-refractivity contribution in [2.45, 2.75) is 0 Å². The first-order valence-corrected chi connectivity index (χ1v) is 4.49. The summed E-state index contributed by atoms with van der Waals surface area (Å²) in [4.78, 5) is 21.0. The molecule has 0 saturated carbocycles. The lowest BCUT2D eigenvalue weighted by Crippen LogP contribution is -2.14. The summed E-state index contributed by atoms with van der Waals surface area (Å²) in [6, 6.07) is 4.50. The SMILES string of the molecule is Bc1ccc(OCC(=O)OC)c([N+](=O)[O-])c1. The Bertz CT molecular complexity index is 420. The Labute approximate surface area is 92.7 Å². The van der Waals surface area contributed by atoms with Crippen LogP contribution in [-0.4, -0.2) is 32.5 Å². The molecular formula is C9H10BNO5. The zero-order valence-electron chi connectivity index (χ0n) is 8.93. The molecule has 0 radical (unpaired) electrons. The number of hydrogen-bond donors (Lipinski definition) is 0. The van der Waals surface area contributed by atoms with Gasteiger partial charge in [0, 0.05) is 6.07 Å². The standard InChI is InChI=1S/C9H10BNO5/c1-15-9(12)5-16-8-3-2-6(10)4-7(8)11(13)14/h2-4H,5,10H2,1H3. The van der Waals surface area contributed by atoms with E-state index < -0.39 is 10.9 Å². The largest absolute Gasteiger partial charge is 0.475 e. The summed E-state index contributed by atoms with van der Waals surface area (Å²) in [7, 11) is 2.95. The van der Waals surface area contributed by atoms with Crippen molar-refractivity contribution in [3.8, 4) is 5.75 Å². The predicted molar refractivity (Wildman–Crippen MR) is 58.8 cm³/mol. The Morgan fingerprint density at radius 1 is 1.56 bits per heavy atom. The minimum atomic E-state index is -0.588. The maximum Gasteiger partial charge on any atom is 0.343 e. The van der Waals surface area contributed by atoms with Crippen LogP contribution < -0.4 is 10.2 Å². The Morgan fingerprint density at radius 2 is 2.25 bits per heavy atom.